The number of aromatic carboxylic acids is 1. The Hall–Kier alpha value is -1.45. The summed E-state index contributed by atoms with van der Waals surface area (Å²) in [5.41, 5.74) is -0.146. The van der Waals surface area contributed by atoms with E-state index in [-0.39, 0.29) is 28.4 Å². The summed E-state index contributed by atoms with van der Waals surface area (Å²) in [6.45, 7) is 0. The second-order valence-electron chi connectivity index (χ2n) is 4.55. The predicted octanol–water partition coefficient (Wildman–Crippen LogP) is -0.150. The van der Waals surface area contributed by atoms with E-state index in [4.69, 9.17) is 5.11 Å². The Kier molecular flexibility index (Phi) is 3.85. The van der Waals surface area contributed by atoms with Gasteiger partial charge in [0.05, 0.1) is 22.0 Å². The van der Waals surface area contributed by atoms with Crippen LogP contribution in [0, 0.1) is 0 Å². The van der Waals surface area contributed by atoms with Crippen LogP contribution >= 0.6 is 0 Å². The number of hydrogen-bond acceptors (Lipinski definition) is 5. The van der Waals surface area contributed by atoms with Crippen LogP contribution in [0.3, 0.4) is 0 Å². The van der Waals surface area contributed by atoms with Crippen molar-refractivity contribution >= 4 is 25.8 Å². The predicted molar refractivity (Wildman–Crippen MR) is 70.8 cm³/mol. The molecule has 0 bridgehead atoms. The summed E-state index contributed by atoms with van der Waals surface area (Å²) in [6, 6.07) is 4.23. The number of carboxylic acid groups (broad SMARTS) is 1. The van der Waals surface area contributed by atoms with Crippen molar-refractivity contribution in [3.63, 3.8) is 0 Å². The van der Waals surface area contributed by atoms with Crippen molar-refractivity contribution in [2.24, 2.45) is 0 Å². The smallest absolute Gasteiger partial charge is 0.335 e. The molecule has 0 aliphatic carbocycles. The third kappa shape index (κ3) is 3.35. The van der Waals surface area contributed by atoms with Gasteiger partial charge in [-0.05, 0) is 24.6 Å². The van der Waals surface area contributed by atoms with Gasteiger partial charge in [-0.3, -0.25) is 0 Å². The van der Waals surface area contributed by atoms with Gasteiger partial charge in [-0.15, -0.1) is 0 Å². The van der Waals surface area contributed by atoms with Crippen molar-refractivity contribution in [1.29, 1.82) is 0 Å². The zero-order valence-electron chi connectivity index (χ0n) is 10.3. The first kappa shape index (κ1) is 14.9. The minimum Gasteiger partial charge on any atom is -0.478 e. The first-order chi connectivity index (χ1) is 9.20. The normalized spacial score (nSPS) is 21.7. The van der Waals surface area contributed by atoms with E-state index < -0.39 is 31.9 Å². The molecule has 1 aromatic rings. The quantitative estimate of drug-likeness (QED) is 0.797. The number of sulfone groups is 1. The lowest BCUT2D eigenvalue weighted by Crippen LogP contribution is -2.35. The lowest BCUT2D eigenvalue weighted by atomic mass is 10.2. The van der Waals surface area contributed by atoms with Gasteiger partial charge < -0.3 is 5.11 Å². The van der Waals surface area contributed by atoms with Crippen molar-refractivity contribution in [2.75, 3.05) is 11.5 Å². The van der Waals surface area contributed by atoms with Crippen LogP contribution in [0.5, 0.6) is 0 Å². The van der Waals surface area contributed by atoms with E-state index in [0.717, 1.165) is 6.07 Å². The molecule has 2 rings (SSSR count). The molecule has 0 aromatic heterocycles. The molecule has 2 N–H and O–H groups in total. The molecule has 0 unspecified atom stereocenters. The maximum absolute atomic E-state index is 12.1. The Morgan fingerprint density at radius 2 is 2.05 bits per heavy atom. The van der Waals surface area contributed by atoms with Gasteiger partial charge in [0.2, 0.25) is 10.0 Å². The van der Waals surface area contributed by atoms with Gasteiger partial charge >= 0.3 is 5.97 Å². The number of carboxylic acids is 1. The van der Waals surface area contributed by atoms with Gasteiger partial charge in [-0.1, -0.05) is 6.07 Å². The summed E-state index contributed by atoms with van der Waals surface area (Å²) in [5, 5.41) is 8.83. The molecular formula is C11H13NO6S2. The van der Waals surface area contributed by atoms with Crippen LogP contribution in [0.2, 0.25) is 0 Å². The Labute approximate surface area is 116 Å². The molecule has 0 radical (unpaired) electrons. The number of benzene rings is 1. The van der Waals surface area contributed by atoms with Crippen LogP contribution in [0.25, 0.3) is 0 Å². The van der Waals surface area contributed by atoms with Crippen molar-refractivity contribution in [1.82, 2.24) is 4.72 Å². The second-order valence-corrected chi connectivity index (χ2v) is 8.50. The van der Waals surface area contributed by atoms with Crippen LogP contribution in [0.15, 0.2) is 29.2 Å². The highest BCUT2D eigenvalue weighted by atomic mass is 32.2. The lowest BCUT2D eigenvalue weighted by Gasteiger charge is -2.11. The van der Waals surface area contributed by atoms with Gasteiger partial charge in [0.25, 0.3) is 0 Å². The maximum atomic E-state index is 12.1. The van der Waals surface area contributed by atoms with E-state index in [1.807, 2.05) is 0 Å². The van der Waals surface area contributed by atoms with E-state index in [1.54, 1.807) is 0 Å². The molecule has 20 heavy (non-hydrogen) atoms. The molecule has 110 valence electrons. The van der Waals surface area contributed by atoms with Crippen molar-refractivity contribution in [2.45, 2.75) is 17.4 Å². The molecule has 1 heterocycles. The monoisotopic (exact) mass is 319 g/mol. The highest BCUT2D eigenvalue weighted by Crippen LogP contribution is 2.16. The molecule has 1 aliphatic heterocycles. The van der Waals surface area contributed by atoms with Gasteiger partial charge in [0.15, 0.2) is 9.84 Å². The van der Waals surface area contributed by atoms with E-state index in [0.29, 0.717) is 0 Å². The van der Waals surface area contributed by atoms with Crippen LogP contribution < -0.4 is 4.72 Å². The number of sulfonamides is 1. The molecular weight excluding hydrogens is 306 g/mol. The van der Waals surface area contributed by atoms with E-state index >= 15 is 0 Å². The fourth-order valence-electron chi connectivity index (χ4n) is 1.97. The third-order valence-corrected chi connectivity index (χ3v) is 6.23. The number of rotatable bonds is 4. The highest BCUT2D eigenvalue weighted by molar-refractivity contribution is 7.92. The number of hydrogen-bond donors (Lipinski definition) is 2. The van der Waals surface area contributed by atoms with Crippen molar-refractivity contribution < 1.29 is 26.7 Å². The van der Waals surface area contributed by atoms with Gasteiger partial charge in [-0.2, -0.15) is 0 Å². The molecule has 7 nitrogen and oxygen atoms in total. The second kappa shape index (κ2) is 5.15. The minimum atomic E-state index is -3.93. The summed E-state index contributed by atoms with van der Waals surface area (Å²) in [6.07, 6.45) is 0.222. The Morgan fingerprint density at radius 1 is 1.35 bits per heavy atom. The summed E-state index contributed by atoms with van der Waals surface area (Å²) in [4.78, 5) is 10.6. The first-order valence-electron chi connectivity index (χ1n) is 5.76. The summed E-state index contributed by atoms with van der Waals surface area (Å²) < 4.78 is 49.0. The number of carbonyl (C=O) groups is 1. The van der Waals surface area contributed by atoms with Crippen molar-refractivity contribution in [3.8, 4) is 0 Å². The van der Waals surface area contributed by atoms with E-state index in [9.17, 15) is 21.6 Å². The molecule has 9 heteroatoms. The topological polar surface area (TPSA) is 118 Å². The van der Waals surface area contributed by atoms with Crippen LogP contribution in [0.4, 0.5) is 0 Å². The average molecular weight is 319 g/mol. The zero-order valence-corrected chi connectivity index (χ0v) is 11.9. The van der Waals surface area contributed by atoms with Crippen LogP contribution in [0.1, 0.15) is 16.8 Å². The van der Waals surface area contributed by atoms with Crippen LogP contribution in [-0.4, -0.2) is 45.5 Å². The van der Waals surface area contributed by atoms with Gasteiger partial charge in [0.1, 0.15) is 0 Å². The zero-order chi connectivity index (χ0) is 15.0. The largest absolute Gasteiger partial charge is 0.478 e. The third-order valence-electron chi connectivity index (χ3n) is 2.95. The first-order valence-corrected chi connectivity index (χ1v) is 9.06. The maximum Gasteiger partial charge on any atom is 0.335 e. The molecule has 0 spiro atoms. The molecule has 1 fully saturated rings. The van der Waals surface area contributed by atoms with Crippen molar-refractivity contribution in [3.05, 3.63) is 29.8 Å². The Balaban J connectivity index is 2.23. The summed E-state index contributed by atoms with van der Waals surface area (Å²) in [7, 11) is -7.12. The highest BCUT2D eigenvalue weighted by Gasteiger charge is 2.31. The molecule has 1 aromatic carbocycles. The molecule has 0 saturated carbocycles. The van der Waals surface area contributed by atoms with Gasteiger partial charge in [-0.25, -0.2) is 26.4 Å². The van der Waals surface area contributed by atoms with Crippen LogP contribution in [-0.2, 0) is 19.9 Å². The lowest BCUT2D eigenvalue weighted by molar-refractivity contribution is 0.0696. The van der Waals surface area contributed by atoms with E-state index in [2.05, 4.69) is 4.72 Å². The molecule has 1 atom stereocenters. The number of nitrogens with one attached hydrogen (secondary N) is 1. The minimum absolute atomic E-state index is 0.0463. The van der Waals surface area contributed by atoms with E-state index in [1.165, 1.54) is 18.2 Å². The Bertz CT molecular complexity index is 738. The SMILES string of the molecule is O=C(O)c1cccc(S(=O)(=O)N[C@H]2CCS(=O)(=O)C2)c1. The fraction of sp³-hybridized carbons (Fsp3) is 0.364. The molecule has 1 saturated heterocycles. The standard InChI is InChI=1S/C11H13NO6S2/c13-11(14)8-2-1-3-10(6-8)20(17,18)12-9-4-5-19(15,16)7-9/h1-3,6,9,12H,4-5,7H2,(H,13,14)/t9-/m0/s1. The van der Waals surface area contributed by atoms with Gasteiger partial charge in [0, 0.05) is 6.04 Å². The summed E-state index contributed by atoms with van der Waals surface area (Å²) >= 11 is 0. The molecule has 1 aliphatic rings. The average Bonchev–Trinajstić information content (AvgIpc) is 2.68. The molecule has 0 amide bonds. The summed E-state index contributed by atoms with van der Waals surface area (Å²) in [5.74, 6) is -1.51. The fourth-order valence-corrected chi connectivity index (χ4v) is 5.07. The Morgan fingerprint density at radius 3 is 2.60 bits per heavy atom.